The van der Waals surface area contributed by atoms with E-state index < -0.39 is 22.2 Å². The van der Waals surface area contributed by atoms with Crippen LogP contribution in [-0.4, -0.2) is 17.4 Å². The number of nitro groups is 1. The lowest BCUT2D eigenvalue weighted by atomic mass is 10.1. The van der Waals surface area contributed by atoms with Gasteiger partial charge in [-0.15, -0.1) is 6.58 Å². The minimum absolute atomic E-state index is 0.143. The SMILES string of the molecule is C=CC1CC(=O)N(c2cc([N+](=O)[O-])c(F)cc2F)C1. The highest BCUT2D eigenvalue weighted by Crippen LogP contribution is 2.32. The summed E-state index contributed by atoms with van der Waals surface area (Å²) >= 11 is 0. The van der Waals surface area contributed by atoms with Crippen molar-refractivity contribution in [2.75, 3.05) is 11.4 Å². The number of carbonyl (C=O) groups is 1. The van der Waals surface area contributed by atoms with E-state index in [0.29, 0.717) is 6.07 Å². The Bertz CT molecular complexity index is 574. The molecule has 1 aromatic carbocycles. The normalized spacial score (nSPS) is 18.7. The third-order valence-electron chi connectivity index (χ3n) is 2.99. The molecule has 1 aliphatic heterocycles. The lowest BCUT2D eigenvalue weighted by molar-refractivity contribution is -0.387. The summed E-state index contributed by atoms with van der Waals surface area (Å²) in [6.07, 6.45) is 1.72. The van der Waals surface area contributed by atoms with Crippen LogP contribution in [0.3, 0.4) is 0 Å². The van der Waals surface area contributed by atoms with Crippen molar-refractivity contribution in [3.63, 3.8) is 0 Å². The van der Waals surface area contributed by atoms with E-state index in [1.54, 1.807) is 6.08 Å². The van der Waals surface area contributed by atoms with E-state index in [2.05, 4.69) is 6.58 Å². The smallest absolute Gasteiger partial charge is 0.307 e. The first-order valence-electron chi connectivity index (χ1n) is 5.50. The van der Waals surface area contributed by atoms with Gasteiger partial charge in [-0.25, -0.2) is 4.39 Å². The van der Waals surface area contributed by atoms with Crippen molar-refractivity contribution in [1.82, 2.24) is 0 Å². The highest BCUT2D eigenvalue weighted by atomic mass is 19.1. The van der Waals surface area contributed by atoms with Crippen molar-refractivity contribution < 1.29 is 18.5 Å². The van der Waals surface area contributed by atoms with Crippen LogP contribution in [0.5, 0.6) is 0 Å². The van der Waals surface area contributed by atoms with Gasteiger partial charge >= 0.3 is 5.69 Å². The molecule has 1 amide bonds. The zero-order valence-corrected chi connectivity index (χ0v) is 9.81. The number of nitrogens with zero attached hydrogens (tertiary/aromatic N) is 2. The van der Waals surface area contributed by atoms with Gasteiger partial charge in [-0.1, -0.05) is 6.08 Å². The maximum Gasteiger partial charge on any atom is 0.307 e. The summed E-state index contributed by atoms with van der Waals surface area (Å²) in [7, 11) is 0. The van der Waals surface area contributed by atoms with Gasteiger partial charge in [0.05, 0.1) is 10.6 Å². The molecule has 0 bridgehead atoms. The molecule has 0 aromatic heterocycles. The Morgan fingerprint density at radius 3 is 2.63 bits per heavy atom. The monoisotopic (exact) mass is 268 g/mol. The molecule has 0 aliphatic carbocycles. The Balaban J connectivity index is 2.45. The fraction of sp³-hybridized carbons (Fsp3) is 0.250. The summed E-state index contributed by atoms with van der Waals surface area (Å²) in [4.78, 5) is 22.5. The minimum atomic E-state index is -1.27. The molecule has 0 N–H and O–H groups in total. The molecule has 100 valence electrons. The van der Waals surface area contributed by atoms with Gasteiger partial charge in [0.1, 0.15) is 5.82 Å². The summed E-state index contributed by atoms with van der Waals surface area (Å²) in [6.45, 7) is 3.73. The van der Waals surface area contributed by atoms with Crippen LogP contribution in [0.25, 0.3) is 0 Å². The molecule has 5 nitrogen and oxygen atoms in total. The van der Waals surface area contributed by atoms with Crippen LogP contribution in [0.2, 0.25) is 0 Å². The highest BCUT2D eigenvalue weighted by Gasteiger charge is 2.32. The molecule has 1 unspecified atom stereocenters. The van der Waals surface area contributed by atoms with Crippen LogP contribution in [0.15, 0.2) is 24.8 Å². The van der Waals surface area contributed by atoms with E-state index in [1.165, 1.54) is 0 Å². The number of rotatable bonds is 3. The first kappa shape index (κ1) is 13.1. The zero-order chi connectivity index (χ0) is 14.2. The molecule has 1 heterocycles. The molecule has 0 radical (unpaired) electrons. The van der Waals surface area contributed by atoms with Gasteiger partial charge in [0.15, 0.2) is 0 Å². The molecule has 1 aliphatic rings. The Hall–Kier alpha value is -2.31. The second-order valence-corrected chi connectivity index (χ2v) is 4.22. The van der Waals surface area contributed by atoms with Crippen LogP contribution >= 0.6 is 0 Å². The van der Waals surface area contributed by atoms with Crippen LogP contribution in [0, 0.1) is 27.7 Å². The van der Waals surface area contributed by atoms with Gasteiger partial charge in [-0.2, -0.15) is 4.39 Å². The molecular formula is C12H10F2N2O3. The Kier molecular flexibility index (Phi) is 3.28. The first-order valence-corrected chi connectivity index (χ1v) is 5.50. The average Bonchev–Trinajstić information content (AvgIpc) is 2.70. The van der Waals surface area contributed by atoms with Crippen molar-refractivity contribution >= 4 is 17.3 Å². The van der Waals surface area contributed by atoms with Crippen molar-refractivity contribution in [3.05, 3.63) is 46.5 Å². The van der Waals surface area contributed by atoms with Gasteiger partial charge in [0.25, 0.3) is 0 Å². The molecule has 1 fully saturated rings. The summed E-state index contributed by atoms with van der Waals surface area (Å²) in [5.74, 6) is -2.78. The maximum absolute atomic E-state index is 13.7. The number of anilines is 1. The van der Waals surface area contributed by atoms with Crippen LogP contribution in [0.1, 0.15) is 6.42 Å². The summed E-state index contributed by atoms with van der Waals surface area (Å²) in [6, 6.07) is 1.16. The number of nitro benzene ring substituents is 1. The Labute approximate surface area is 107 Å². The maximum atomic E-state index is 13.7. The Morgan fingerprint density at radius 1 is 1.42 bits per heavy atom. The lowest BCUT2D eigenvalue weighted by Gasteiger charge is -2.16. The summed E-state index contributed by atoms with van der Waals surface area (Å²) < 4.78 is 26.9. The standard InChI is InChI=1S/C12H10F2N2O3/c1-2-7-3-12(17)15(6-7)10-5-11(16(18)19)9(14)4-8(10)13/h2,4-5,7H,1,3,6H2. The second kappa shape index (κ2) is 4.75. The molecule has 0 saturated carbocycles. The predicted octanol–water partition coefficient (Wildman–Crippen LogP) is 2.41. The number of carbonyl (C=O) groups excluding carboxylic acids is 1. The van der Waals surface area contributed by atoms with E-state index >= 15 is 0 Å². The molecule has 0 spiro atoms. The Morgan fingerprint density at radius 2 is 2.11 bits per heavy atom. The topological polar surface area (TPSA) is 63.5 Å². The van der Waals surface area contributed by atoms with Crippen molar-refractivity contribution in [2.45, 2.75) is 6.42 Å². The van der Waals surface area contributed by atoms with Crippen molar-refractivity contribution in [3.8, 4) is 0 Å². The fourth-order valence-corrected chi connectivity index (χ4v) is 2.00. The average molecular weight is 268 g/mol. The number of halogens is 2. The fourth-order valence-electron chi connectivity index (χ4n) is 2.00. The van der Waals surface area contributed by atoms with E-state index in [9.17, 15) is 23.7 Å². The van der Waals surface area contributed by atoms with Gasteiger partial charge in [-0.05, 0) is 0 Å². The third-order valence-corrected chi connectivity index (χ3v) is 2.99. The van der Waals surface area contributed by atoms with Gasteiger partial charge in [0, 0.05) is 31.0 Å². The van der Waals surface area contributed by atoms with E-state index in [1.807, 2.05) is 0 Å². The first-order chi connectivity index (χ1) is 8.93. The largest absolute Gasteiger partial charge is 0.309 e. The van der Waals surface area contributed by atoms with Crippen LogP contribution < -0.4 is 4.90 Å². The molecule has 1 atom stereocenters. The lowest BCUT2D eigenvalue weighted by Crippen LogP contribution is -2.25. The quantitative estimate of drug-likeness (QED) is 0.480. The molecular weight excluding hydrogens is 258 g/mol. The molecule has 19 heavy (non-hydrogen) atoms. The minimum Gasteiger partial charge on any atom is -0.309 e. The molecule has 2 rings (SSSR count). The predicted molar refractivity (Wildman–Crippen MR) is 63.7 cm³/mol. The molecule has 1 saturated heterocycles. The van der Waals surface area contributed by atoms with Gasteiger partial charge in [0.2, 0.25) is 11.7 Å². The van der Waals surface area contributed by atoms with E-state index in [4.69, 9.17) is 0 Å². The third kappa shape index (κ3) is 2.31. The van der Waals surface area contributed by atoms with Gasteiger partial charge in [-0.3, -0.25) is 14.9 Å². The van der Waals surface area contributed by atoms with Crippen LogP contribution in [0.4, 0.5) is 20.2 Å². The van der Waals surface area contributed by atoms with E-state index in [0.717, 1.165) is 11.0 Å². The van der Waals surface area contributed by atoms with E-state index in [-0.39, 0.29) is 30.5 Å². The number of hydrogen-bond donors (Lipinski definition) is 0. The summed E-state index contributed by atoms with van der Waals surface area (Å²) in [5.41, 5.74) is -1.13. The number of benzene rings is 1. The molecule has 1 aromatic rings. The number of hydrogen-bond acceptors (Lipinski definition) is 3. The zero-order valence-electron chi connectivity index (χ0n) is 9.81. The summed E-state index contributed by atoms with van der Waals surface area (Å²) in [5, 5.41) is 10.6. The van der Waals surface area contributed by atoms with Crippen LogP contribution in [-0.2, 0) is 4.79 Å². The van der Waals surface area contributed by atoms with Gasteiger partial charge < -0.3 is 4.90 Å². The molecule has 7 heteroatoms. The number of amides is 1. The van der Waals surface area contributed by atoms with Crippen molar-refractivity contribution in [1.29, 1.82) is 0 Å². The highest BCUT2D eigenvalue weighted by molar-refractivity contribution is 5.96. The van der Waals surface area contributed by atoms with Crippen molar-refractivity contribution in [2.24, 2.45) is 5.92 Å². The second-order valence-electron chi connectivity index (χ2n) is 4.22.